The summed E-state index contributed by atoms with van der Waals surface area (Å²) in [5, 5.41) is 28.6. The topological polar surface area (TPSA) is 111 Å². The van der Waals surface area contributed by atoms with Crippen molar-refractivity contribution in [2.24, 2.45) is 0 Å². The van der Waals surface area contributed by atoms with Crippen LogP contribution in [-0.2, 0) is 0 Å². The standard InChI is InChI=1S/C15H15N7O2/c23-22(24)14-9-5-4-8-13(14)16-10-11-17-15-18-19-20-21(15)12-6-2-1-3-7-12/h1-9,16H,10-11H2,(H,17,18,20). The first-order chi connectivity index (χ1) is 11.8. The second kappa shape index (κ2) is 7.18. The first-order valence-corrected chi connectivity index (χ1v) is 7.30. The Balaban J connectivity index is 1.59. The van der Waals surface area contributed by atoms with Crippen LogP contribution in [0.5, 0.6) is 0 Å². The van der Waals surface area contributed by atoms with E-state index in [2.05, 4.69) is 26.2 Å². The first kappa shape index (κ1) is 15.4. The van der Waals surface area contributed by atoms with Crippen molar-refractivity contribution in [1.82, 2.24) is 20.2 Å². The predicted molar refractivity (Wildman–Crippen MR) is 89.2 cm³/mol. The van der Waals surface area contributed by atoms with E-state index < -0.39 is 4.92 Å². The molecule has 0 saturated heterocycles. The van der Waals surface area contributed by atoms with Crippen molar-refractivity contribution in [2.75, 3.05) is 23.7 Å². The minimum absolute atomic E-state index is 0.0478. The zero-order valence-electron chi connectivity index (χ0n) is 12.7. The highest BCUT2D eigenvalue weighted by Crippen LogP contribution is 2.22. The van der Waals surface area contributed by atoms with Crippen LogP contribution in [0.1, 0.15) is 0 Å². The number of hydrogen-bond donors (Lipinski definition) is 2. The molecular weight excluding hydrogens is 310 g/mol. The summed E-state index contributed by atoms with van der Waals surface area (Å²) in [5.74, 6) is 0.505. The molecule has 0 aliphatic carbocycles. The molecule has 0 bridgehead atoms. The molecule has 3 rings (SSSR count). The summed E-state index contributed by atoms with van der Waals surface area (Å²) in [5.41, 5.74) is 1.37. The van der Waals surface area contributed by atoms with Crippen LogP contribution in [0.15, 0.2) is 54.6 Å². The van der Waals surface area contributed by atoms with Crippen LogP contribution in [0.3, 0.4) is 0 Å². The number of nitro benzene ring substituents is 1. The smallest absolute Gasteiger partial charge is 0.292 e. The fourth-order valence-electron chi connectivity index (χ4n) is 2.19. The second-order valence-electron chi connectivity index (χ2n) is 4.88. The molecule has 122 valence electrons. The van der Waals surface area contributed by atoms with E-state index in [1.54, 1.807) is 22.9 Å². The molecule has 2 N–H and O–H groups in total. The van der Waals surface area contributed by atoms with E-state index in [1.165, 1.54) is 6.07 Å². The van der Waals surface area contributed by atoms with Crippen molar-refractivity contribution in [2.45, 2.75) is 0 Å². The van der Waals surface area contributed by atoms with Crippen LogP contribution in [0.4, 0.5) is 17.3 Å². The Bertz CT molecular complexity index is 819. The molecule has 0 atom stereocenters. The molecule has 0 aliphatic heterocycles. The lowest BCUT2D eigenvalue weighted by Gasteiger charge is -2.09. The minimum atomic E-state index is -0.411. The number of nitrogens with zero attached hydrogens (tertiary/aromatic N) is 5. The summed E-state index contributed by atoms with van der Waals surface area (Å²) < 4.78 is 1.59. The van der Waals surface area contributed by atoms with E-state index in [-0.39, 0.29) is 5.69 Å². The monoisotopic (exact) mass is 325 g/mol. The maximum atomic E-state index is 11.0. The molecule has 0 spiro atoms. The molecule has 0 aliphatic rings. The van der Waals surface area contributed by atoms with Gasteiger partial charge in [0.1, 0.15) is 5.69 Å². The van der Waals surface area contributed by atoms with Crippen molar-refractivity contribution in [3.8, 4) is 5.69 Å². The van der Waals surface area contributed by atoms with Crippen LogP contribution >= 0.6 is 0 Å². The number of rotatable bonds is 7. The highest BCUT2D eigenvalue weighted by Gasteiger charge is 2.11. The Morgan fingerprint density at radius 3 is 2.50 bits per heavy atom. The van der Waals surface area contributed by atoms with Gasteiger partial charge < -0.3 is 10.6 Å². The number of nitrogens with one attached hydrogen (secondary N) is 2. The van der Waals surface area contributed by atoms with Crippen molar-refractivity contribution in [3.63, 3.8) is 0 Å². The third-order valence-electron chi connectivity index (χ3n) is 3.29. The average molecular weight is 325 g/mol. The van der Waals surface area contributed by atoms with Crippen molar-refractivity contribution in [3.05, 3.63) is 64.7 Å². The molecule has 24 heavy (non-hydrogen) atoms. The normalized spacial score (nSPS) is 10.3. The third kappa shape index (κ3) is 3.46. The van der Waals surface area contributed by atoms with Gasteiger partial charge in [0.25, 0.3) is 5.69 Å². The van der Waals surface area contributed by atoms with E-state index in [1.807, 2.05) is 30.3 Å². The number of aromatic nitrogens is 4. The molecule has 0 saturated carbocycles. The maximum absolute atomic E-state index is 11.0. The molecule has 3 aromatic rings. The number of para-hydroxylation sites is 3. The van der Waals surface area contributed by atoms with Crippen molar-refractivity contribution >= 4 is 17.3 Å². The highest BCUT2D eigenvalue weighted by atomic mass is 16.6. The van der Waals surface area contributed by atoms with Gasteiger partial charge in [0, 0.05) is 19.2 Å². The van der Waals surface area contributed by atoms with E-state index in [0.717, 1.165) is 5.69 Å². The Morgan fingerprint density at radius 1 is 1.00 bits per heavy atom. The lowest BCUT2D eigenvalue weighted by Crippen LogP contribution is -2.16. The van der Waals surface area contributed by atoms with Gasteiger partial charge in [0.05, 0.1) is 10.6 Å². The molecule has 2 aromatic carbocycles. The summed E-state index contributed by atoms with van der Waals surface area (Å²) in [6.07, 6.45) is 0. The fraction of sp³-hybridized carbons (Fsp3) is 0.133. The summed E-state index contributed by atoms with van der Waals surface area (Å²) in [4.78, 5) is 10.6. The van der Waals surface area contributed by atoms with Gasteiger partial charge in [0.2, 0.25) is 5.95 Å². The Kier molecular flexibility index (Phi) is 4.61. The van der Waals surface area contributed by atoms with E-state index in [0.29, 0.717) is 24.7 Å². The summed E-state index contributed by atoms with van der Waals surface area (Å²) in [6, 6.07) is 16.0. The zero-order valence-corrected chi connectivity index (χ0v) is 12.7. The zero-order chi connectivity index (χ0) is 16.8. The lowest BCUT2D eigenvalue weighted by atomic mass is 10.2. The van der Waals surface area contributed by atoms with Gasteiger partial charge >= 0.3 is 0 Å². The number of nitro groups is 1. The lowest BCUT2D eigenvalue weighted by molar-refractivity contribution is -0.384. The summed E-state index contributed by atoms with van der Waals surface area (Å²) >= 11 is 0. The van der Waals surface area contributed by atoms with Gasteiger partial charge in [-0.05, 0) is 28.6 Å². The molecule has 9 heteroatoms. The fourth-order valence-corrected chi connectivity index (χ4v) is 2.19. The van der Waals surface area contributed by atoms with Crippen molar-refractivity contribution < 1.29 is 4.92 Å². The van der Waals surface area contributed by atoms with Crippen LogP contribution in [0.25, 0.3) is 5.69 Å². The van der Waals surface area contributed by atoms with Gasteiger partial charge in [-0.25, -0.2) is 0 Å². The molecular formula is C15H15N7O2. The van der Waals surface area contributed by atoms with Gasteiger partial charge in [-0.1, -0.05) is 35.4 Å². The molecule has 0 amide bonds. The van der Waals surface area contributed by atoms with Gasteiger partial charge in [-0.15, -0.1) is 0 Å². The SMILES string of the molecule is O=[N+]([O-])c1ccccc1NCCNc1nnnn1-c1ccccc1. The molecule has 0 unspecified atom stereocenters. The molecule has 1 aromatic heterocycles. The van der Waals surface area contributed by atoms with Crippen molar-refractivity contribution in [1.29, 1.82) is 0 Å². The number of anilines is 2. The quantitative estimate of drug-likeness (QED) is 0.389. The third-order valence-corrected chi connectivity index (χ3v) is 3.29. The number of hydrogen-bond acceptors (Lipinski definition) is 7. The van der Waals surface area contributed by atoms with Crippen LogP contribution in [0, 0.1) is 10.1 Å². The van der Waals surface area contributed by atoms with E-state index >= 15 is 0 Å². The predicted octanol–water partition coefficient (Wildman–Crippen LogP) is 2.09. The largest absolute Gasteiger partial charge is 0.378 e. The van der Waals surface area contributed by atoms with Crippen LogP contribution in [-0.4, -0.2) is 38.2 Å². The number of benzene rings is 2. The number of tetrazole rings is 1. The maximum Gasteiger partial charge on any atom is 0.292 e. The highest BCUT2D eigenvalue weighted by molar-refractivity contribution is 5.61. The van der Waals surface area contributed by atoms with E-state index in [4.69, 9.17) is 0 Å². The van der Waals surface area contributed by atoms with Gasteiger partial charge in [-0.3, -0.25) is 10.1 Å². The Morgan fingerprint density at radius 2 is 1.71 bits per heavy atom. The Hall–Kier alpha value is -3.49. The minimum Gasteiger partial charge on any atom is -0.378 e. The van der Waals surface area contributed by atoms with E-state index in [9.17, 15) is 10.1 Å². The summed E-state index contributed by atoms with van der Waals surface area (Å²) in [7, 11) is 0. The second-order valence-corrected chi connectivity index (χ2v) is 4.88. The summed E-state index contributed by atoms with van der Waals surface area (Å²) in [6.45, 7) is 0.978. The first-order valence-electron chi connectivity index (χ1n) is 7.30. The molecule has 9 nitrogen and oxygen atoms in total. The average Bonchev–Trinajstić information content (AvgIpc) is 3.08. The van der Waals surface area contributed by atoms with Crippen LogP contribution < -0.4 is 10.6 Å². The molecule has 0 fully saturated rings. The molecule has 0 radical (unpaired) electrons. The Labute approximate surface area is 137 Å². The molecule has 1 heterocycles. The van der Waals surface area contributed by atoms with Gasteiger partial charge in [0.15, 0.2) is 0 Å². The van der Waals surface area contributed by atoms with Crippen LogP contribution in [0.2, 0.25) is 0 Å². The van der Waals surface area contributed by atoms with Gasteiger partial charge in [-0.2, -0.15) is 4.68 Å².